The van der Waals surface area contributed by atoms with Crippen molar-refractivity contribution < 1.29 is 23.9 Å². The minimum Gasteiger partial charge on any atom is -0.463 e. The molecule has 0 spiro atoms. The lowest BCUT2D eigenvalue weighted by molar-refractivity contribution is -0.168. The second-order valence-corrected chi connectivity index (χ2v) is 11.3. The van der Waals surface area contributed by atoms with Crippen LogP contribution in [0.1, 0.15) is 86.0 Å². The molecule has 5 heteroatoms. The van der Waals surface area contributed by atoms with Crippen LogP contribution in [-0.2, 0) is 23.9 Å². The number of fused-ring (bicyclic) bond motifs is 5. The van der Waals surface area contributed by atoms with Gasteiger partial charge in [0.2, 0.25) is 0 Å². The summed E-state index contributed by atoms with van der Waals surface area (Å²) in [5, 5.41) is 0. The highest BCUT2D eigenvalue weighted by atomic mass is 16.5. The number of carbonyl (C=O) groups is 3. The van der Waals surface area contributed by atoms with Gasteiger partial charge >= 0.3 is 11.9 Å². The number of ketones is 1. The first-order valence-electron chi connectivity index (χ1n) is 12.1. The molecule has 5 nitrogen and oxygen atoms in total. The molecular weight excluding hydrogens is 392 g/mol. The normalized spacial score (nSPS) is 44.7. The maximum Gasteiger partial charge on any atom is 0.307 e. The summed E-state index contributed by atoms with van der Waals surface area (Å²) in [6.07, 6.45) is 9.45. The monoisotopic (exact) mass is 430 g/mol. The number of esters is 2. The van der Waals surface area contributed by atoms with E-state index in [-0.39, 0.29) is 34.8 Å². The molecule has 0 heterocycles. The summed E-state index contributed by atoms with van der Waals surface area (Å²) >= 11 is 0. The zero-order chi connectivity index (χ0) is 22.6. The first kappa shape index (κ1) is 22.5. The zero-order valence-electron chi connectivity index (χ0n) is 19.7. The van der Waals surface area contributed by atoms with Gasteiger partial charge in [0.05, 0.1) is 6.26 Å². The van der Waals surface area contributed by atoms with Crippen molar-refractivity contribution in [2.75, 3.05) is 0 Å². The molecule has 0 aromatic carbocycles. The van der Waals surface area contributed by atoms with Gasteiger partial charge in [0.25, 0.3) is 0 Å². The Hall–Kier alpha value is -1.65. The zero-order valence-corrected chi connectivity index (χ0v) is 19.7. The number of Topliss-reactive ketones (excluding diaryl/α,β-unsaturated/α-hetero) is 1. The lowest BCUT2D eigenvalue weighted by atomic mass is 9.44. The standard InChI is InChI=1S/C26H38O5/c1-15(14-30-16(2)27)21-8-9-22-20-7-6-18-12-19(31-17(3)28)10-11-25(18,4)24(20)23(29)13-26(21,22)5/h14,18-22,24H,6-13H2,1-5H3/b15-14+/t18-,19+,20+,21-,22+,24-,25-,26+/m0/s1. The SMILES string of the molecule is CC(=O)O/C=C(\C)[C@@H]1CC[C@@H]2[C@H]3CC[C@H]4C[C@H](OC(C)=O)CC[C@]4(C)[C@@H]3C(=O)C[C@@]21C. The minimum absolute atomic E-state index is 0.0148. The average Bonchev–Trinajstić information content (AvgIpc) is 3.02. The van der Waals surface area contributed by atoms with Crippen LogP contribution >= 0.6 is 0 Å². The van der Waals surface area contributed by atoms with Gasteiger partial charge in [0.1, 0.15) is 11.9 Å². The van der Waals surface area contributed by atoms with Crippen molar-refractivity contribution in [1.82, 2.24) is 0 Å². The predicted molar refractivity (Wildman–Crippen MR) is 117 cm³/mol. The van der Waals surface area contributed by atoms with Crippen LogP contribution in [0.3, 0.4) is 0 Å². The van der Waals surface area contributed by atoms with Crippen LogP contribution in [0.2, 0.25) is 0 Å². The van der Waals surface area contributed by atoms with Crippen molar-refractivity contribution in [3.63, 3.8) is 0 Å². The van der Waals surface area contributed by atoms with Crippen molar-refractivity contribution >= 4 is 17.7 Å². The van der Waals surface area contributed by atoms with E-state index in [0.29, 0.717) is 35.9 Å². The molecule has 4 saturated carbocycles. The third-order valence-electron chi connectivity index (χ3n) is 9.59. The Morgan fingerprint density at radius 3 is 2.39 bits per heavy atom. The van der Waals surface area contributed by atoms with E-state index in [1.54, 1.807) is 6.26 Å². The molecule has 8 atom stereocenters. The number of rotatable bonds is 3. The molecule has 0 bridgehead atoms. The van der Waals surface area contributed by atoms with E-state index in [1.165, 1.54) is 13.8 Å². The Morgan fingerprint density at radius 1 is 0.968 bits per heavy atom. The van der Waals surface area contributed by atoms with E-state index in [2.05, 4.69) is 13.8 Å². The highest BCUT2D eigenvalue weighted by molar-refractivity contribution is 5.84. The highest BCUT2D eigenvalue weighted by Crippen LogP contribution is 2.67. The van der Waals surface area contributed by atoms with E-state index in [4.69, 9.17) is 9.47 Å². The molecule has 0 radical (unpaired) electrons. The molecule has 0 saturated heterocycles. The van der Waals surface area contributed by atoms with Crippen LogP contribution in [-0.4, -0.2) is 23.8 Å². The van der Waals surface area contributed by atoms with Gasteiger partial charge in [-0.25, -0.2) is 0 Å². The molecule has 4 fully saturated rings. The Balaban J connectivity index is 1.56. The maximum atomic E-state index is 13.7. The minimum atomic E-state index is -0.297. The summed E-state index contributed by atoms with van der Waals surface area (Å²) in [6.45, 7) is 9.61. The molecule has 0 amide bonds. The Morgan fingerprint density at radius 2 is 1.71 bits per heavy atom. The molecule has 0 aromatic rings. The van der Waals surface area contributed by atoms with Crippen molar-refractivity contribution in [2.45, 2.75) is 92.1 Å². The largest absolute Gasteiger partial charge is 0.463 e. The van der Waals surface area contributed by atoms with Crippen molar-refractivity contribution in [2.24, 2.45) is 40.4 Å². The summed E-state index contributed by atoms with van der Waals surface area (Å²) < 4.78 is 10.7. The van der Waals surface area contributed by atoms with Crippen LogP contribution in [0, 0.1) is 40.4 Å². The fraction of sp³-hybridized carbons (Fsp3) is 0.808. The summed E-state index contributed by atoms with van der Waals surface area (Å²) in [4.78, 5) is 36.5. The third kappa shape index (κ3) is 3.76. The van der Waals surface area contributed by atoms with E-state index in [0.717, 1.165) is 50.5 Å². The topological polar surface area (TPSA) is 69.7 Å². The van der Waals surface area contributed by atoms with Gasteiger partial charge in [-0.1, -0.05) is 13.8 Å². The van der Waals surface area contributed by atoms with Gasteiger partial charge in [-0.15, -0.1) is 0 Å². The quantitative estimate of drug-likeness (QED) is 0.453. The Labute approximate surface area is 186 Å². The van der Waals surface area contributed by atoms with Crippen LogP contribution in [0.4, 0.5) is 0 Å². The van der Waals surface area contributed by atoms with Gasteiger partial charge in [0.15, 0.2) is 0 Å². The number of ether oxygens (including phenoxy) is 2. The molecule has 0 N–H and O–H groups in total. The number of carbonyl (C=O) groups excluding carboxylic acids is 3. The van der Waals surface area contributed by atoms with Gasteiger partial charge in [-0.2, -0.15) is 0 Å². The first-order valence-corrected chi connectivity index (χ1v) is 12.1. The van der Waals surface area contributed by atoms with Gasteiger partial charge < -0.3 is 9.47 Å². The summed E-state index contributed by atoms with van der Waals surface area (Å²) in [7, 11) is 0. The molecule has 4 aliphatic carbocycles. The van der Waals surface area contributed by atoms with Gasteiger partial charge in [-0.05, 0) is 91.9 Å². The average molecular weight is 431 g/mol. The van der Waals surface area contributed by atoms with Crippen molar-refractivity contribution in [3.8, 4) is 0 Å². The lowest BCUT2D eigenvalue weighted by Crippen LogP contribution is -2.57. The van der Waals surface area contributed by atoms with Gasteiger partial charge in [0, 0.05) is 26.2 Å². The van der Waals surface area contributed by atoms with Gasteiger partial charge in [-0.3, -0.25) is 14.4 Å². The summed E-state index contributed by atoms with van der Waals surface area (Å²) in [5.41, 5.74) is 1.07. The van der Waals surface area contributed by atoms with Crippen LogP contribution < -0.4 is 0 Å². The molecule has 0 unspecified atom stereocenters. The van der Waals surface area contributed by atoms with Crippen molar-refractivity contribution in [3.05, 3.63) is 11.8 Å². The predicted octanol–water partition coefficient (Wildman–Crippen LogP) is 5.22. The van der Waals surface area contributed by atoms with E-state index < -0.39 is 0 Å². The number of allylic oxidation sites excluding steroid dienone is 1. The Bertz CT molecular complexity index is 800. The smallest absolute Gasteiger partial charge is 0.307 e. The molecular formula is C26H38O5. The molecule has 4 aliphatic rings. The highest BCUT2D eigenvalue weighted by Gasteiger charge is 2.63. The summed E-state index contributed by atoms with van der Waals surface area (Å²) in [5.74, 6) is 1.84. The third-order valence-corrected chi connectivity index (χ3v) is 9.59. The molecule has 31 heavy (non-hydrogen) atoms. The van der Waals surface area contributed by atoms with Crippen molar-refractivity contribution in [1.29, 1.82) is 0 Å². The Kier molecular flexibility index (Phi) is 5.85. The van der Waals surface area contributed by atoms with Crippen LogP contribution in [0.5, 0.6) is 0 Å². The molecule has 172 valence electrons. The number of hydrogen-bond acceptors (Lipinski definition) is 5. The first-order chi connectivity index (χ1) is 14.6. The second kappa shape index (κ2) is 8.04. The van der Waals surface area contributed by atoms with Crippen LogP contribution in [0.15, 0.2) is 11.8 Å². The van der Waals surface area contributed by atoms with E-state index in [1.807, 2.05) is 6.92 Å². The second-order valence-electron chi connectivity index (χ2n) is 11.3. The van der Waals surface area contributed by atoms with E-state index in [9.17, 15) is 14.4 Å². The summed E-state index contributed by atoms with van der Waals surface area (Å²) in [6, 6.07) is 0. The lowest BCUT2D eigenvalue weighted by Gasteiger charge is -2.60. The maximum absolute atomic E-state index is 13.7. The molecule has 0 aliphatic heterocycles. The number of hydrogen-bond donors (Lipinski definition) is 0. The van der Waals surface area contributed by atoms with Crippen LogP contribution in [0.25, 0.3) is 0 Å². The fourth-order valence-corrected chi connectivity index (χ4v) is 8.38. The molecule has 4 rings (SSSR count). The van der Waals surface area contributed by atoms with E-state index >= 15 is 0 Å². The molecule has 0 aromatic heterocycles. The fourth-order valence-electron chi connectivity index (χ4n) is 8.38.